The van der Waals surface area contributed by atoms with Gasteiger partial charge in [-0.1, -0.05) is 12.1 Å². The molecule has 0 radical (unpaired) electrons. The van der Waals surface area contributed by atoms with Crippen LogP contribution in [0.25, 0.3) is 0 Å². The van der Waals surface area contributed by atoms with Crippen molar-refractivity contribution >= 4 is 5.91 Å². The molecule has 1 amide bonds. The number of methoxy groups -OCH3 is 1. The average molecular weight is 370 g/mol. The molecule has 1 heterocycles. The highest BCUT2D eigenvalue weighted by Crippen LogP contribution is 2.16. The molecule has 2 aromatic carbocycles. The maximum atomic E-state index is 12.9. The highest BCUT2D eigenvalue weighted by Gasteiger charge is 2.17. The molecule has 3 rings (SSSR count). The summed E-state index contributed by atoms with van der Waals surface area (Å²) in [5.41, 5.74) is 1.13. The zero-order chi connectivity index (χ0) is 19.2. The number of hydrogen-bond acceptors (Lipinski definition) is 5. The van der Waals surface area contributed by atoms with Crippen molar-refractivity contribution in [2.24, 2.45) is 0 Å². The van der Waals surface area contributed by atoms with Gasteiger partial charge in [0.25, 0.3) is 5.91 Å². The second-order valence-electron chi connectivity index (χ2n) is 5.88. The zero-order valence-electron chi connectivity index (χ0n) is 15.0. The van der Waals surface area contributed by atoms with Crippen LogP contribution in [-0.4, -0.2) is 29.9 Å². The van der Waals surface area contributed by atoms with Crippen molar-refractivity contribution in [1.29, 1.82) is 0 Å². The molecule has 1 aromatic heterocycles. The van der Waals surface area contributed by atoms with Crippen molar-refractivity contribution in [2.75, 3.05) is 14.2 Å². The molecular formula is C20H19FN2O4. The van der Waals surface area contributed by atoms with E-state index >= 15 is 0 Å². The van der Waals surface area contributed by atoms with Crippen LogP contribution in [0.2, 0.25) is 0 Å². The lowest BCUT2D eigenvalue weighted by molar-refractivity contribution is 0.0779. The van der Waals surface area contributed by atoms with Crippen LogP contribution in [0.5, 0.6) is 11.5 Å². The van der Waals surface area contributed by atoms with Gasteiger partial charge in [0.2, 0.25) is 5.89 Å². The third-order valence-corrected chi connectivity index (χ3v) is 3.85. The van der Waals surface area contributed by atoms with Crippen molar-refractivity contribution < 1.29 is 23.1 Å². The fourth-order valence-electron chi connectivity index (χ4n) is 2.46. The van der Waals surface area contributed by atoms with Gasteiger partial charge in [0.05, 0.1) is 7.11 Å². The summed E-state index contributed by atoms with van der Waals surface area (Å²) in [6.07, 6.45) is 1.30. The Kier molecular flexibility index (Phi) is 5.71. The number of halogens is 1. The van der Waals surface area contributed by atoms with Crippen LogP contribution >= 0.6 is 0 Å². The Hall–Kier alpha value is -3.35. The number of oxazole rings is 1. The molecule has 0 fully saturated rings. The smallest absolute Gasteiger partial charge is 0.275 e. The SMILES string of the molecule is COc1cccc(CN(C)C(=O)c2coc(COc3ccc(F)cc3)n2)c1. The molecule has 0 aliphatic rings. The fourth-order valence-corrected chi connectivity index (χ4v) is 2.46. The van der Waals surface area contributed by atoms with Gasteiger partial charge in [-0.15, -0.1) is 0 Å². The number of aromatic nitrogens is 1. The van der Waals surface area contributed by atoms with E-state index in [2.05, 4.69) is 4.98 Å². The first kappa shape index (κ1) is 18.4. The van der Waals surface area contributed by atoms with Gasteiger partial charge in [0.1, 0.15) is 23.6 Å². The Morgan fingerprint density at radius 3 is 2.70 bits per heavy atom. The Balaban J connectivity index is 1.59. The first-order chi connectivity index (χ1) is 13.0. The monoisotopic (exact) mass is 370 g/mol. The lowest BCUT2D eigenvalue weighted by atomic mass is 10.2. The van der Waals surface area contributed by atoms with Crippen LogP contribution in [-0.2, 0) is 13.2 Å². The average Bonchev–Trinajstić information content (AvgIpc) is 3.16. The number of nitrogens with zero attached hydrogens (tertiary/aromatic N) is 2. The summed E-state index contributed by atoms with van der Waals surface area (Å²) in [5, 5.41) is 0. The second kappa shape index (κ2) is 8.35. The third-order valence-electron chi connectivity index (χ3n) is 3.85. The Morgan fingerprint density at radius 1 is 1.19 bits per heavy atom. The number of rotatable bonds is 7. The highest BCUT2D eigenvalue weighted by atomic mass is 19.1. The molecule has 27 heavy (non-hydrogen) atoms. The first-order valence-electron chi connectivity index (χ1n) is 8.26. The van der Waals surface area contributed by atoms with E-state index in [1.54, 1.807) is 14.2 Å². The summed E-state index contributed by atoms with van der Waals surface area (Å²) in [6, 6.07) is 13.1. The van der Waals surface area contributed by atoms with E-state index in [4.69, 9.17) is 13.9 Å². The molecule has 0 spiro atoms. The number of carbonyl (C=O) groups excluding carboxylic acids is 1. The summed E-state index contributed by atoms with van der Waals surface area (Å²) >= 11 is 0. The number of benzene rings is 2. The fraction of sp³-hybridized carbons (Fsp3) is 0.200. The summed E-state index contributed by atoms with van der Waals surface area (Å²) in [5.74, 6) is 0.866. The van der Waals surface area contributed by atoms with Gasteiger partial charge < -0.3 is 18.8 Å². The molecule has 0 saturated heterocycles. The van der Waals surface area contributed by atoms with E-state index in [-0.39, 0.29) is 29.9 Å². The lowest BCUT2D eigenvalue weighted by Crippen LogP contribution is -2.26. The minimum absolute atomic E-state index is 0.0402. The molecule has 0 unspecified atom stereocenters. The lowest BCUT2D eigenvalue weighted by Gasteiger charge is -2.16. The van der Waals surface area contributed by atoms with Crippen LogP contribution < -0.4 is 9.47 Å². The van der Waals surface area contributed by atoms with E-state index in [1.165, 1.54) is 35.4 Å². The Bertz CT molecular complexity index is 908. The van der Waals surface area contributed by atoms with Crippen molar-refractivity contribution in [2.45, 2.75) is 13.2 Å². The highest BCUT2D eigenvalue weighted by molar-refractivity contribution is 5.91. The molecule has 7 heteroatoms. The summed E-state index contributed by atoms with van der Waals surface area (Å²) < 4.78 is 28.8. The van der Waals surface area contributed by atoms with Crippen LogP contribution in [0.15, 0.2) is 59.2 Å². The zero-order valence-corrected chi connectivity index (χ0v) is 15.0. The molecule has 0 aliphatic heterocycles. The molecule has 0 N–H and O–H groups in total. The predicted molar refractivity (Wildman–Crippen MR) is 96.0 cm³/mol. The number of amides is 1. The van der Waals surface area contributed by atoms with Gasteiger partial charge in [-0.05, 0) is 42.0 Å². The topological polar surface area (TPSA) is 64.8 Å². The Labute approximate surface area is 156 Å². The molecule has 6 nitrogen and oxygen atoms in total. The van der Waals surface area contributed by atoms with E-state index < -0.39 is 0 Å². The molecule has 140 valence electrons. The van der Waals surface area contributed by atoms with Crippen molar-refractivity contribution in [3.8, 4) is 11.5 Å². The van der Waals surface area contributed by atoms with Crippen LogP contribution in [0.4, 0.5) is 4.39 Å². The van der Waals surface area contributed by atoms with E-state index in [0.717, 1.165) is 11.3 Å². The summed E-state index contributed by atoms with van der Waals surface area (Å²) in [6.45, 7) is 0.447. The van der Waals surface area contributed by atoms with Crippen LogP contribution in [0.1, 0.15) is 21.9 Å². The normalized spacial score (nSPS) is 10.5. The van der Waals surface area contributed by atoms with Gasteiger partial charge >= 0.3 is 0 Å². The quantitative estimate of drug-likeness (QED) is 0.635. The molecular weight excluding hydrogens is 351 g/mol. The minimum Gasteiger partial charge on any atom is -0.497 e. The van der Waals surface area contributed by atoms with Gasteiger partial charge in [0, 0.05) is 13.6 Å². The first-order valence-corrected chi connectivity index (χ1v) is 8.26. The summed E-state index contributed by atoms with van der Waals surface area (Å²) in [7, 11) is 3.28. The molecule has 3 aromatic rings. The van der Waals surface area contributed by atoms with Crippen LogP contribution in [0, 0.1) is 5.82 Å². The molecule has 0 bridgehead atoms. The number of ether oxygens (including phenoxy) is 2. The van der Waals surface area contributed by atoms with Crippen molar-refractivity contribution in [1.82, 2.24) is 9.88 Å². The van der Waals surface area contributed by atoms with Gasteiger partial charge in [-0.25, -0.2) is 9.37 Å². The molecule has 0 atom stereocenters. The number of hydrogen-bond donors (Lipinski definition) is 0. The maximum Gasteiger partial charge on any atom is 0.275 e. The number of carbonyl (C=O) groups is 1. The second-order valence-corrected chi connectivity index (χ2v) is 5.88. The predicted octanol–water partition coefficient (Wildman–Crippen LogP) is 3.67. The Morgan fingerprint density at radius 2 is 1.96 bits per heavy atom. The standard InChI is InChI=1S/C20H19FN2O4/c1-23(11-14-4-3-5-17(10-14)25-2)20(24)18-12-27-19(22-18)13-26-16-8-6-15(21)7-9-16/h3-10,12H,11,13H2,1-2H3. The van der Waals surface area contributed by atoms with Gasteiger partial charge in [-0.2, -0.15) is 0 Å². The van der Waals surface area contributed by atoms with E-state index in [9.17, 15) is 9.18 Å². The summed E-state index contributed by atoms with van der Waals surface area (Å²) in [4.78, 5) is 18.2. The largest absolute Gasteiger partial charge is 0.497 e. The van der Waals surface area contributed by atoms with Crippen LogP contribution in [0.3, 0.4) is 0 Å². The maximum absolute atomic E-state index is 12.9. The van der Waals surface area contributed by atoms with E-state index in [0.29, 0.717) is 12.3 Å². The van der Waals surface area contributed by atoms with E-state index in [1.807, 2.05) is 24.3 Å². The van der Waals surface area contributed by atoms with Gasteiger partial charge in [0.15, 0.2) is 12.3 Å². The third kappa shape index (κ3) is 4.84. The molecule has 0 aliphatic carbocycles. The minimum atomic E-state index is -0.342. The molecule has 0 saturated carbocycles. The van der Waals surface area contributed by atoms with Crippen molar-refractivity contribution in [3.05, 3.63) is 77.8 Å². The van der Waals surface area contributed by atoms with Gasteiger partial charge in [-0.3, -0.25) is 4.79 Å². The van der Waals surface area contributed by atoms with Crippen molar-refractivity contribution in [3.63, 3.8) is 0 Å².